The van der Waals surface area contributed by atoms with Gasteiger partial charge in [-0.1, -0.05) is 42.5 Å². The monoisotopic (exact) mass is 412 g/mol. The zero-order valence-corrected chi connectivity index (χ0v) is 17.9. The lowest BCUT2D eigenvalue weighted by Crippen LogP contribution is -2.04. The van der Waals surface area contributed by atoms with Gasteiger partial charge in [0, 0.05) is 25.9 Å². The average Bonchev–Trinajstić information content (AvgIpc) is 2.76. The van der Waals surface area contributed by atoms with Crippen molar-refractivity contribution in [1.29, 1.82) is 0 Å². The van der Waals surface area contributed by atoms with Crippen molar-refractivity contribution in [3.63, 3.8) is 0 Å². The average molecular weight is 413 g/mol. The molecule has 0 atom stereocenters. The molecule has 0 aliphatic heterocycles. The van der Waals surface area contributed by atoms with Gasteiger partial charge in [0.2, 0.25) is 0 Å². The van der Waals surface area contributed by atoms with Gasteiger partial charge in [0.05, 0.1) is 0 Å². The number of allylic oxidation sites excluding steroid dienone is 1. The van der Waals surface area contributed by atoms with Crippen LogP contribution in [0.15, 0.2) is 48.5 Å². The van der Waals surface area contributed by atoms with Gasteiger partial charge in [-0.3, -0.25) is 0 Å². The molecule has 0 spiro atoms. The largest absolute Gasteiger partial charge is 0.467 e. The Morgan fingerprint density at radius 1 is 0.767 bits per heavy atom. The van der Waals surface area contributed by atoms with Crippen LogP contribution in [0.3, 0.4) is 0 Å². The number of hydrogen-bond acceptors (Lipinski definition) is 5. The van der Waals surface area contributed by atoms with E-state index < -0.39 is 0 Å². The molecule has 0 aliphatic carbocycles. The lowest BCUT2D eigenvalue weighted by molar-refractivity contribution is 0.0182. The number of hydrogen-bond donors (Lipinski definition) is 1. The van der Waals surface area contributed by atoms with E-state index in [-0.39, 0.29) is 20.2 Å². The zero-order chi connectivity index (χ0) is 21.4. The minimum Gasteiger partial charge on any atom is -0.467 e. The molecule has 0 saturated heterocycles. The topological polar surface area (TPSA) is 57.2 Å². The minimum atomic E-state index is 0.194. The van der Waals surface area contributed by atoms with Crippen LogP contribution in [0.4, 0.5) is 0 Å². The fourth-order valence-electron chi connectivity index (χ4n) is 2.63. The van der Waals surface area contributed by atoms with Crippen molar-refractivity contribution < 1.29 is 24.1 Å². The Morgan fingerprint density at radius 3 is 1.97 bits per heavy atom. The third kappa shape index (κ3) is 9.27. The van der Waals surface area contributed by atoms with E-state index >= 15 is 0 Å². The summed E-state index contributed by atoms with van der Waals surface area (Å²) in [7, 11) is 0. The number of rotatable bonds is 14. The van der Waals surface area contributed by atoms with Crippen LogP contribution >= 0.6 is 0 Å². The van der Waals surface area contributed by atoms with Crippen LogP contribution in [0.5, 0.6) is 11.5 Å². The number of unbranched alkanes of at least 4 members (excludes halogenated alkanes) is 1. The minimum absolute atomic E-state index is 0.194. The molecule has 0 radical (unpaired) electrons. The van der Waals surface area contributed by atoms with E-state index in [1.807, 2.05) is 44.2 Å². The van der Waals surface area contributed by atoms with Crippen LogP contribution in [0, 0.1) is 0 Å². The second-order valence-corrected chi connectivity index (χ2v) is 6.52. The predicted octanol–water partition coefficient (Wildman–Crippen LogP) is 5.39. The molecule has 2 aromatic rings. The van der Waals surface area contributed by atoms with Gasteiger partial charge in [-0.05, 0) is 61.6 Å². The molecule has 0 saturated carbocycles. The van der Waals surface area contributed by atoms with E-state index in [0.717, 1.165) is 29.5 Å². The summed E-state index contributed by atoms with van der Waals surface area (Å²) in [4.78, 5) is 0. The van der Waals surface area contributed by atoms with Crippen LogP contribution in [-0.4, -0.2) is 38.5 Å². The molecule has 0 aliphatic rings. The molecule has 0 amide bonds. The molecule has 0 aromatic heterocycles. The Bertz CT molecular complexity index is 770. The second-order valence-electron chi connectivity index (χ2n) is 6.52. The molecular formula is C25H32O5. The fourth-order valence-corrected chi connectivity index (χ4v) is 2.63. The molecule has 162 valence electrons. The molecule has 5 heteroatoms. The Balaban J connectivity index is 2.12. The Morgan fingerprint density at radius 2 is 1.37 bits per heavy atom. The van der Waals surface area contributed by atoms with Gasteiger partial charge in [-0.15, -0.1) is 0 Å². The summed E-state index contributed by atoms with van der Waals surface area (Å²) in [5, 5.41) is 8.87. The van der Waals surface area contributed by atoms with Gasteiger partial charge in [-0.2, -0.15) is 0 Å². The lowest BCUT2D eigenvalue weighted by Gasteiger charge is -2.11. The molecule has 0 heterocycles. The number of aliphatic hydroxyl groups is 1. The third-order valence-corrected chi connectivity index (χ3v) is 4.15. The molecule has 5 nitrogen and oxygen atoms in total. The maximum Gasteiger partial charge on any atom is 0.189 e. The third-order valence-electron chi connectivity index (χ3n) is 4.15. The van der Waals surface area contributed by atoms with Crippen molar-refractivity contribution in [3.05, 3.63) is 65.2 Å². The van der Waals surface area contributed by atoms with Crippen LogP contribution in [0.2, 0.25) is 0 Å². The Hall–Kier alpha value is -2.60. The standard InChI is InChI=1S/C25H32O5/c1-3-27-19-29-24-16-23(17-25(18-24)30-20-28-4-2)13-12-22-11-8-10-21(15-22)9-6-5-7-14-26/h6,8-13,15-18,26H,3-5,7,14,19-20H2,1-2H3/b9-6+,13-12+. The quantitative estimate of drug-likeness (QED) is 0.256. The lowest BCUT2D eigenvalue weighted by atomic mass is 10.1. The van der Waals surface area contributed by atoms with E-state index in [4.69, 9.17) is 24.1 Å². The SMILES string of the molecule is CCOCOc1cc(/C=C/c2cccc(/C=C/CCCO)c2)cc(OCOCC)c1. The molecule has 2 rings (SSSR count). The van der Waals surface area contributed by atoms with Crippen molar-refractivity contribution in [2.24, 2.45) is 0 Å². The first-order valence-electron chi connectivity index (χ1n) is 10.4. The summed E-state index contributed by atoms with van der Waals surface area (Å²) in [6.45, 7) is 5.65. The highest BCUT2D eigenvalue weighted by Gasteiger charge is 2.03. The van der Waals surface area contributed by atoms with Gasteiger partial charge in [-0.25, -0.2) is 0 Å². The van der Waals surface area contributed by atoms with Crippen LogP contribution in [-0.2, 0) is 9.47 Å². The normalized spacial score (nSPS) is 11.4. The highest BCUT2D eigenvalue weighted by atomic mass is 16.7. The maximum absolute atomic E-state index is 8.87. The van der Waals surface area contributed by atoms with Crippen molar-refractivity contribution in [2.75, 3.05) is 33.4 Å². The molecule has 2 aromatic carbocycles. The maximum atomic E-state index is 8.87. The molecule has 30 heavy (non-hydrogen) atoms. The smallest absolute Gasteiger partial charge is 0.189 e. The number of benzene rings is 2. The summed E-state index contributed by atoms with van der Waals surface area (Å²) < 4.78 is 21.9. The fraction of sp³-hybridized carbons (Fsp3) is 0.360. The zero-order valence-electron chi connectivity index (χ0n) is 17.9. The molecule has 1 N–H and O–H groups in total. The Kier molecular flexibility index (Phi) is 11.4. The van der Waals surface area contributed by atoms with E-state index in [9.17, 15) is 0 Å². The highest BCUT2D eigenvalue weighted by Crippen LogP contribution is 2.25. The Labute approximate surface area is 179 Å². The van der Waals surface area contributed by atoms with Gasteiger partial charge in [0.1, 0.15) is 11.5 Å². The summed E-state index contributed by atoms with van der Waals surface area (Å²) >= 11 is 0. The molecule has 0 unspecified atom stereocenters. The van der Waals surface area contributed by atoms with E-state index in [1.54, 1.807) is 0 Å². The van der Waals surface area contributed by atoms with E-state index in [2.05, 4.69) is 36.4 Å². The first-order chi connectivity index (χ1) is 14.7. The van der Waals surface area contributed by atoms with Crippen molar-refractivity contribution >= 4 is 18.2 Å². The first kappa shape index (κ1) is 23.7. The predicted molar refractivity (Wildman–Crippen MR) is 121 cm³/mol. The summed E-state index contributed by atoms with van der Waals surface area (Å²) in [6, 6.07) is 14.0. The van der Waals surface area contributed by atoms with Crippen molar-refractivity contribution in [2.45, 2.75) is 26.7 Å². The van der Waals surface area contributed by atoms with Gasteiger partial charge >= 0.3 is 0 Å². The molecular weight excluding hydrogens is 380 g/mol. The van der Waals surface area contributed by atoms with Gasteiger partial charge < -0.3 is 24.1 Å². The summed E-state index contributed by atoms with van der Waals surface area (Å²) in [6.07, 6.45) is 9.89. The summed E-state index contributed by atoms with van der Waals surface area (Å²) in [5.41, 5.74) is 3.18. The van der Waals surface area contributed by atoms with Crippen LogP contribution < -0.4 is 9.47 Å². The first-order valence-corrected chi connectivity index (χ1v) is 10.4. The van der Waals surface area contributed by atoms with E-state index in [1.165, 1.54) is 0 Å². The molecule has 0 bridgehead atoms. The van der Waals surface area contributed by atoms with Gasteiger partial charge in [0.15, 0.2) is 13.6 Å². The van der Waals surface area contributed by atoms with Crippen LogP contribution in [0.1, 0.15) is 43.4 Å². The van der Waals surface area contributed by atoms with Gasteiger partial charge in [0.25, 0.3) is 0 Å². The summed E-state index contributed by atoms with van der Waals surface area (Å²) in [5.74, 6) is 1.36. The second kappa shape index (κ2) is 14.4. The van der Waals surface area contributed by atoms with E-state index in [0.29, 0.717) is 24.7 Å². The van der Waals surface area contributed by atoms with Crippen LogP contribution in [0.25, 0.3) is 18.2 Å². The number of aliphatic hydroxyl groups excluding tert-OH is 1. The van der Waals surface area contributed by atoms with Crippen molar-refractivity contribution in [1.82, 2.24) is 0 Å². The van der Waals surface area contributed by atoms with Crippen molar-refractivity contribution in [3.8, 4) is 11.5 Å². The number of ether oxygens (including phenoxy) is 4. The highest BCUT2D eigenvalue weighted by molar-refractivity contribution is 5.72. The molecule has 0 fully saturated rings.